The van der Waals surface area contributed by atoms with E-state index in [0.717, 1.165) is 82.9 Å². The molecule has 0 amide bonds. The lowest BCUT2D eigenvalue weighted by Crippen LogP contribution is -1.93. The fourth-order valence-electron chi connectivity index (χ4n) is 23.8. The molecule has 0 radical (unpaired) electrons. The second-order valence-electron chi connectivity index (χ2n) is 36.4. The zero-order chi connectivity index (χ0) is 87.7. The minimum Gasteiger partial charge on any atom is -0.456 e. The van der Waals surface area contributed by atoms with E-state index in [2.05, 4.69) is 427 Å². The van der Waals surface area contributed by atoms with Crippen LogP contribution in [-0.2, 0) is 0 Å². The first kappa shape index (κ1) is 72.7. The molecule has 0 aliphatic heterocycles. The molecule has 33 rings (SSSR count). The normalized spacial score (nSPS) is 12.4. The number of hydrogen-bond donors (Lipinski definition) is 0. The average Bonchev–Trinajstić information content (AvgIpc) is 1.52. The topological polar surface area (TPSA) is 67.4 Å². The van der Waals surface area contributed by atoms with Crippen molar-refractivity contribution < 1.29 is 13.3 Å². The predicted octanol–water partition coefficient (Wildman–Crippen LogP) is 34.5. The van der Waals surface area contributed by atoms with Crippen molar-refractivity contribution in [3.63, 3.8) is 0 Å². The summed E-state index contributed by atoms with van der Waals surface area (Å²) in [5.74, 6) is 0. The molecule has 0 aliphatic carbocycles. The second-order valence-corrected chi connectivity index (χ2v) is 36.4. The molecule has 12 heterocycles. The Hall–Kier alpha value is -18.2. The van der Waals surface area contributed by atoms with Crippen LogP contribution >= 0.6 is 0 Å². The first-order valence-corrected chi connectivity index (χ1v) is 46.3. The van der Waals surface area contributed by atoms with Gasteiger partial charge in [0.05, 0.1) is 82.8 Å². The molecule has 0 saturated heterocycles. The van der Waals surface area contributed by atoms with Crippen LogP contribution < -0.4 is 0 Å². The lowest BCUT2D eigenvalue weighted by molar-refractivity contribution is 0.668. The zero-order valence-corrected chi connectivity index (χ0v) is 72.5. The van der Waals surface area contributed by atoms with Gasteiger partial charge in [-0.15, -0.1) is 0 Å². The molecule has 0 saturated carbocycles. The summed E-state index contributed by atoms with van der Waals surface area (Å²) in [6.45, 7) is 0. The first-order valence-electron chi connectivity index (χ1n) is 46.3. The Morgan fingerprint density at radius 3 is 0.778 bits per heavy atom. The molecule has 624 valence electrons. The largest absolute Gasteiger partial charge is 0.456 e. The van der Waals surface area contributed by atoms with Gasteiger partial charge in [-0.1, -0.05) is 273 Å². The molecule has 33 aromatic rings. The zero-order valence-electron chi connectivity index (χ0n) is 72.5. The van der Waals surface area contributed by atoms with Crippen LogP contribution in [0.4, 0.5) is 0 Å². The van der Waals surface area contributed by atoms with Gasteiger partial charge in [0.2, 0.25) is 0 Å². The Kier molecular flexibility index (Phi) is 14.7. The number of furan rings is 3. The third-order valence-electron chi connectivity index (χ3n) is 29.5. The van der Waals surface area contributed by atoms with E-state index < -0.39 is 0 Å². The van der Waals surface area contributed by atoms with Crippen LogP contribution in [0.3, 0.4) is 0 Å². The third kappa shape index (κ3) is 10.1. The predicted molar refractivity (Wildman–Crippen MR) is 564 cm³/mol. The molecule has 9 nitrogen and oxygen atoms in total. The molecule has 0 spiro atoms. The van der Waals surface area contributed by atoms with Crippen LogP contribution in [-0.4, -0.2) is 26.9 Å². The number of hydrogen-bond acceptors (Lipinski definition) is 3. The summed E-state index contributed by atoms with van der Waals surface area (Å²) >= 11 is 0. The van der Waals surface area contributed by atoms with Crippen molar-refractivity contribution >= 4 is 246 Å². The van der Waals surface area contributed by atoms with Gasteiger partial charge >= 0.3 is 0 Å². The number of aromatic nitrogens is 6. The Labute approximate surface area is 767 Å². The maximum Gasteiger partial charge on any atom is 0.137 e. The lowest BCUT2D eigenvalue weighted by atomic mass is 9.99. The molecular weight excluding hydrogens is 1650 g/mol. The van der Waals surface area contributed by atoms with Gasteiger partial charge in [0.15, 0.2) is 0 Å². The number of benzene rings is 21. The van der Waals surface area contributed by atoms with E-state index in [1.165, 1.54) is 213 Å². The van der Waals surface area contributed by atoms with Gasteiger partial charge in [-0.25, -0.2) is 0 Å². The van der Waals surface area contributed by atoms with E-state index in [4.69, 9.17) is 13.3 Å². The second kappa shape index (κ2) is 27.2. The smallest absolute Gasteiger partial charge is 0.137 e. The molecule has 0 fully saturated rings. The highest BCUT2D eigenvalue weighted by molar-refractivity contribution is 6.28. The van der Waals surface area contributed by atoms with E-state index in [-0.39, 0.29) is 0 Å². The molecule has 0 aliphatic rings. The molecule has 9 heteroatoms. The van der Waals surface area contributed by atoms with E-state index >= 15 is 0 Å². The lowest BCUT2D eigenvalue weighted by Gasteiger charge is -2.09. The van der Waals surface area contributed by atoms with Crippen molar-refractivity contribution in [1.29, 1.82) is 0 Å². The van der Waals surface area contributed by atoms with Crippen molar-refractivity contribution in [2.24, 2.45) is 0 Å². The van der Waals surface area contributed by atoms with Gasteiger partial charge in [-0.05, 0) is 173 Å². The summed E-state index contributed by atoms with van der Waals surface area (Å²) in [6, 6.07) is 159. The molecule has 0 bridgehead atoms. The van der Waals surface area contributed by atoms with Crippen molar-refractivity contribution in [2.75, 3.05) is 0 Å². The van der Waals surface area contributed by atoms with Gasteiger partial charge < -0.3 is 40.2 Å². The Bertz CT molecular complexity index is 10900. The summed E-state index contributed by atoms with van der Waals surface area (Å²) in [5, 5.41) is 30.0. The number of rotatable bonds is 6. The number of fused-ring (bicyclic) bond motifs is 36. The fourth-order valence-corrected chi connectivity index (χ4v) is 23.8. The monoisotopic (exact) mass is 1720 g/mol. The van der Waals surface area contributed by atoms with Gasteiger partial charge in [0.1, 0.15) is 33.5 Å². The van der Waals surface area contributed by atoms with Crippen LogP contribution in [0.1, 0.15) is 0 Å². The van der Waals surface area contributed by atoms with Crippen molar-refractivity contribution in [2.45, 2.75) is 0 Å². The molecule has 0 N–H and O–H groups in total. The highest BCUT2D eigenvalue weighted by Gasteiger charge is 2.27. The van der Waals surface area contributed by atoms with Crippen LogP contribution in [0.25, 0.3) is 296 Å². The van der Waals surface area contributed by atoms with Crippen LogP contribution in [0, 0.1) is 0 Å². The Morgan fingerprint density at radius 1 is 0.126 bits per heavy atom. The van der Waals surface area contributed by atoms with Crippen LogP contribution in [0.15, 0.2) is 450 Å². The maximum absolute atomic E-state index is 6.29. The summed E-state index contributed by atoms with van der Waals surface area (Å²) in [6.07, 6.45) is 0. The minimum atomic E-state index is 0.904. The van der Waals surface area contributed by atoms with Crippen molar-refractivity contribution in [3.8, 4) is 50.4 Å². The first-order chi connectivity index (χ1) is 67.0. The van der Waals surface area contributed by atoms with Gasteiger partial charge in [-0.2, -0.15) is 0 Å². The van der Waals surface area contributed by atoms with Crippen molar-refractivity contribution in [1.82, 2.24) is 26.9 Å². The van der Waals surface area contributed by atoms with E-state index in [9.17, 15) is 0 Å². The molecule has 0 unspecified atom stereocenters. The van der Waals surface area contributed by atoms with E-state index in [1.807, 2.05) is 36.4 Å². The van der Waals surface area contributed by atoms with Crippen LogP contribution in [0.5, 0.6) is 0 Å². The molecule has 135 heavy (non-hydrogen) atoms. The molecule has 0 atom stereocenters. The van der Waals surface area contributed by atoms with Gasteiger partial charge in [0.25, 0.3) is 0 Å². The summed E-state index contributed by atoms with van der Waals surface area (Å²) in [4.78, 5) is 0. The average molecular weight is 1720 g/mol. The van der Waals surface area contributed by atoms with Gasteiger partial charge in [0, 0.05) is 170 Å². The Balaban J connectivity index is 0.0000000945. The minimum absolute atomic E-state index is 0.904. The SMILES string of the molecule is c1ccc2c(c1)oc1cc(-n3c4ccccc4c4cc(-c5ccc6c(c5)c5cccc7c8ccccc8n6c75)ccc43)ccc12.c1ccc2c(c1)oc1cc(-n3c4ccccc4c4cc(-c5ccc6c7cccc8c9ccccc9n(c6c5)c87)ccc43)ccc12.c1ccc2c(c1)oc1cc(-n3c4ccccc4c4cc(-c5cccc6c7cccc8c9ccccc9n(c56)c87)ccc43)ccc12. The quantitative estimate of drug-likeness (QED) is 0.167. The maximum atomic E-state index is 6.29. The molecule has 21 aromatic carbocycles. The van der Waals surface area contributed by atoms with Crippen LogP contribution in [0.2, 0.25) is 0 Å². The summed E-state index contributed by atoms with van der Waals surface area (Å²) < 4.78 is 33.3. The standard InChI is InChI=1S/3C42H24N2O/c1-5-17-37-28(9-1)32-13-8-15-34-33-14-7-12-27(41(33)44(37)42(32)34)25-19-22-38-35(23-25)29-10-2-4-16-36(29)43(38)26-20-21-31-30-11-3-6-18-39(30)45-40(31)24-26;1-5-14-37-28(8-1)32-11-7-12-33-35-23-26(17-21-39(35)44(37)42(32)33)25-16-20-38-34(22-25)29-9-2-4-13-36(29)43(38)27-18-19-31-30-10-3-6-15-40(30)45-41(31)24-27;1-5-14-37-28(8-1)33-11-7-12-34-30-19-16-26(23-39(30)44(37)42(33)34)25-17-21-38-35(22-25)29-9-2-4-13-36(29)43(38)27-18-20-32-31-10-3-6-15-40(31)45-41(32)24-27/h3*1-24H. The molecular formula is C126H72N6O3. The highest BCUT2D eigenvalue weighted by atomic mass is 16.3. The van der Waals surface area contributed by atoms with E-state index in [1.54, 1.807) is 0 Å². The van der Waals surface area contributed by atoms with Gasteiger partial charge in [-0.3, -0.25) is 0 Å². The fraction of sp³-hybridized carbons (Fsp3) is 0. The molecule has 12 aromatic heterocycles. The summed E-state index contributed by atoms with van der Waals surface area (Å²) in [5.41, 5.74) is 34.7. The van der Waals surface area contributed by atoms with E-state index in [0.29, 0.717) is 0 Å². The summed E-state index contributed by atoms with van der Waals surface area (Å²) in [7, 11) is 0. The number of para-hydroxylation sites is 13. The van der Waals surface area contributed by atoms with Crippen molar-refractivity contribution in [3.05, 3.63) is 437 Å². The third-order valence-corrected chi connectivity index (χ3v) is 29.5. The highest BCUT2D eigenvalue weighted by Crippen LogP contribution is 2.49. The Morgan fingerprint density at radius 2 is 0.363 bits per heavy atom. The number of nitrogens with zero attached hydrogens (tertiary/aromatic N) is 6.